The Morgan fingerprint density at radius 1 is 1.65 bits per heavy atom. The smallest absolute Gasteiger partial charge is 0.271 e. The number of hydrogen-bond donors (Lipinski definition) is 2. The summed E-state index contributed by atoms with van der Waals surface area (Å²) in [6.07, 6.45) is 3.42. The second-order valence-electron chi connectivity index (χ2n) is 4.78. The molecule has 2 heterocycles. The van der Waals surface area contributed by atoms with Gasteiger partial charge < -0.3 is 15.8 Å². The fourth-order valence-corrected chi connectivity index (χ4v) is 2.22. The number of amides is 1. The summed E-state index contributed by atoms with van der Waals surface area (Å²) >= 11 is 0. The minimum absolute atomic E-state index is 0.128. The molecule has 1 aromatic rings. The Bertz CT molecular complexity index is 533. The third-order valence-corrected chi connectivity index (χ3v) is 3.17. The van der Waals surface area contributed by atoms with Crippen LogP contribution in [0.1, 0.15) is 35.8 Å². The average molecular weight is 273 g/mol. The number of carbonyl (C=O) groups excluding carboxylic acids is 1. The lowest BCUT2D eigenvalue weighted by Crippen LogP contribution is -2.41. The van der Waals surface area contributed by atoms with Gasteiger partial charge >= 0.3 is 0 Å². The first-order chi connectivity index (χ1) is 9.70. The second-order valence-corrected chi connectivity index (χ2v) is 4.78. The molecule has 0 spiro atoms. The molecule has 1 fully saturated rings. The number of pyridine rings is 1. The maximum absolute atomic E-state index is 12.3. The monoisotopic (exact) mass is 273 g/mol. The quantitative estimate of drug-likeness (QED) is 0.777. The van der Waals surface area contributed by atoms with Gasteiger partial charge in [-0.3, -0.25) is 4.79 Å². The zero-order chi connectivity index (χ0) is 14.4. The number of carbonyl (C=O) groups is 1. The van der Waals surface area contributed by atoms with Crippen LogP contribution in [-0.2, 0) is 4.74 Å². The summed E-state index contributed by atoms with van der Waals surface area (Å²) in [4.78, 5) is 16.4. The first-order valence-electron chi connectivity index (χ1n) is 6.77. The number of nitrogens with zero attached hydrogens (tertiary/aromatic N) is 1. The molecule has 106 valence electrons. The van der Waals surface area contributed by atoms with Crippen LogP contribution < -0.4 is 11.1 Å². The van der Waals surface area contributed by atoms with Crippen molar-refractivity contribution in [3.63, 3.8) is 0 Å². The molecule has 0 saturated carbocycles. The standard InChI is InChI=1S/C15H19N3O2/c1-11-10-13(6-9-20-11)18-15(19)14-12(4-2-7-16)5-3-8-17-14/h3,5,8,11,13H,6-7,9-10,16H2,1H3,(H,18,19). The van der Waals surface area contributed by atoms with Crippen LogP contribution in [0.5, 0.6) is 0 Å². The van der Waals surface area contributed by atoms with Crippen molar-refractivity contribution in [1.29, 1.82) is 0 Å². The van der Waals surface area contributed by atoms with Crippen LogP contribution in [0.15, 0.2) is 18.3 Å². The summed E-state index contributed by atoms with van der Waals surface area (Å²) in [5.41, 5.74) is 6.32. The predicted octanol–water partition coefficient (Wildman–Crippen LogP) is 0.689. The Hall–Kier alpha value is -1.90. The highest BCUT2D eigenvalue weighted by atomic mass is 16.5. The number of aromatic nitrogens is 1. The van der Waals surface area contributed by atoms with E-state index < -0.39 is 0 Å². The van der Waals surface area contributed by atoms with Crippen LogP contribution in [0.4, 0.5) is 0 Å². The van der Waals surface area contributed by atoms with Gasteiger partial charge in [0.15, 0.2) is 0 Å². The molecule has 0 radical (unpaired) electrons. The molecular weight excluding hydrogens is 254 g/mol. The van der Waals surface area contributed by atoms with Crippen LogP contribution in [0.25, 0.3) is 0 Å². The van der Waals surface area contributed by atoms with Crippen molar-refractivity contribution in [3.8, 4) is 11.8 Å². The van der Waals surface area contributed by atoms with E-state index in [1.54, 1.807) is 18.3 Å². The zero-order valence-corrected chi connectivity index (χ0v) is 11.6. The highest BCUT2D eigenvalue weighted by Gasteiger charge is 2.22. The highest BCUT2D eigenvalue weighted by molar-refractivity contribution is 5.94. The van der Waals surface area contributed by atoms with E-state index in [9.17, 15) is 4.79 Å². The van der Waals surface area contributed by atoms with Crippen LogP contribution in [0, 0.1) is 11.8 Å². The highest BCUT2D eigenvalue weighted by Crippen LogP contribution is 2.14. The molecule has 2 atom stereocenters. The first-order valence-corrected chi connectivity index (χ1v) is 6.77. The Morgan fingerprint density at radius 3 is 3.25 bits per heavy atom. The summed E-state index contributed by atoms with van der Waals surface area (Å²) in [7, 11) is 0. The summed E-state index contributed by atoms with van der Waals surface area (Å²) < 4.78 is 5.47. The molecule has 2 unspecified atom stereocenters. The molecule has 1 aromatic heterocycles. The van der Waals surface area contributed by atoms with E-state index >= 15 is 0 Å². The number of nitrogens with one attached hydrogen (secondary N) is 1. The lowest BCUT2D eigenvalue weighted by Gasteiger charge is -2.27. The molecule has 3 N–H and O–H groups in total. The summed E-state index contributed by atoms with van der Waals surface area (Å²) in [5.74, 6) is 5.44. The van der Waals surface area contributed by atoms with Crippen molar-refractivity contribution >= 4 is 5.91 Å². The third kappa shape index (κ3) is 3.80. The molecule has 1 aliphatic heterocycles. The number of rotatable bonds is 2. The molecule has 0 aromatic carbocycles. The van der Waals surface area contributed by atoms with Crippen LogP contribution >= 0.6 is 0 Å². The number of ether oxygens (including phenoxy) is 1. The Balaban J connectivity index is 2.09. The van der Waals surface area contributed by atoms with Gasteiger partial charge in [-0.25, -0.2) is 4.98 Å². The normalized spacial score (nSPS) is 21.7. The number of hydrogen-bond acceptors (Lipinski definition) is 4. The van der Waals surface area contributed by atoms with E-state index in [0.29, 0.717) is 17.9 Å². The zero-order valence-electron chi connectivity index (χ0n) is 11.6. The van der Waals surface area contributed by atoms with E-state index in [-0.39, 0.29) is 24.6 Å². The Labute approximate surface area is 118 Å². The van der Waals surface area contributed by atoms with Crippen LogP contribution in [-0.4, -0.2) is 36.2 Å². The fraction of sp³-hybridized carbons (Fsp3) is 0.467. The van der Waals surface area contributed by atoms with Crippen molar-refractivity contribution in [2.24, 2.45) is 5.73 Å². The molecule has 1 amide bonds. The van der Waals surface area contributed by atoms with Gasteiger partial charge in [-0.15, -0.1) is 0 Å². The fourth-order valence-electron chi connectivity index (χ4n) is 2.22. The largest absolute Gasteiger partial charge is 0.378 e. The molecule has 5 nitrogen and oxygen atoms in total. The summed E-state index contributed by atoms with van der Waals surface area (Å²) in [6.45, 7) is 2.94. The van der Waals surface area contributed by atoms with Gasteiger partial charge in [0.2, 0.25) is 0 Å². The molecule has 1 saturated heterocycles. The summed E-state index contributed by atoms with van der Waals surface area (Å²) in [6, 6.07) is 3.66. The molecular formula is C15H19N3O2. The minimum Gasteiger partial charge on any atom is -0.378 e. The molecule has 1 aliphatic rings. The van der Waals surface area contributed by atoms with E-state index in [2.05, 4.69) is 22.1 Å². The lowest BCUT2D eigenvalue weighted by atomic mass is 10.0. The maximum atomic E-state index is 12.3. The topological polar surface area (TPSA) is 77.2 Å². The van der Waals surface area contributed by atoms with E-state index in [4.69, 9.17) is 10.5 Å². The summed E-state index contributed by atoms with van der Waals surface area (Å²) in [5, 5.41) is 3.00. The van der Waals surface area contributed by atoms with E-state index in [0.717, 1.165) is 12.8 Å². The van der Waals surface area contributed by atoms with Crippen molar-refractivity contribution in [2.75, 3.05) is 13.2 Å². The van der Waals surface area contributed by atoms with Gasteiger partial charge in [0.05, 0.1) is 18.2 Å². The van der Waals surface area contributed by atoms with Crippen LogP contribution in [0.2, 0.25) is 0 Å². The van der Waals surface area contributed by atoms with Crippen molar-refractivity contribution in [3.05, 3.63) is 29.6 Å². The molecule has 5 heteroatoms. The minimum atomic E-state index is -0.189. The van der Waals surface area contributed by atoms with Gasteiger partial charge in [0.25, 0.3) is 5.91 Å². The van der Waals surface area contributed by atoms with Gasteiger partial charge in [-0.1, -0.05) is 11.8 Å². The molecule has 0 bridgehead atoms. The second kappa shape index (κ2) is 7.04. The van der Waals surface area contributed by atoms with Crippen molar-refractivity contribution in [1.82, 2.24) is 10.3 Å². The SMILES string of the molecule is CC1CC(NC(=O)c2ncccc2C#CCN)CCO1. The average Bonchev–Trinajstić information content (AvgIpc) is 2.45. The van der Waals surface area contributed by atoms with Crippen molar-refractivity contribution < 1.29 is 9.53 Å². The molecule has 0 aliphatic carbocycles. The third-order valence-electron chi connectivity index (χ3n) is 3.17. The maximum Gasteiger partial charge on any atom is 0.271 e. The van der Waals surface area contributed by atoms with Gasteiger partial charge in [-0.2, -0.15) is 0 Å². The van der Waals surface area contributed by atoms with Crippen LogP contribution in [0.3, 0.4) is 0 Å². The Kier molecular flexibility index (Phi) is 5.10. The van der Waals surface area contributed by atoms with E-state index in [1.807, 2.05) is 6.92 Å². The predicted molar refractivity (Wildman–Crippen MR) is 76.1 cm³/mol. The molecule has 20 heavy (non-hydrogen) atoms. The first kappa shape index (κ1) is 14.5. The van der Waals surface area contributed by atoms with Gasteiger partial charge in [-0.05, 0) is 31.9 Å². The Morgan fingerprint density at radius 2 is 2.50 bits per heavy atom. The van der Waals surface area contributed by atoms with E-state index in [1.165, 1.54) is 0 Å². The van der Waals surface area contributed by atoms with Gasteiger partial charge in [0, 0.05) is 18.8 Å². The van der Waals surface area contributed by atoms with Gasteiger partial charge in [0.1, 0.15) is 5.69 Å². The molecule has 2 rings (SSSR count). The van der Waals surface area contributed by atoms with Crippen molar-refractivity contribution in [2.45, 2.75) is 31.9 Å². The number of nitrogens with two attached hydrogens (primary N) is 1. The lowest BCUT2D eigenvalue weighted by molar-refractivity contribution is 0.0136.